The van der Waals surface area contributed by atoms with Crippen molar-refractivity contribution in [2.75, 3.05) is 11.1 Å². The van der Waals surface area contributed by atoms with Gasteiger partial charge >= 0.3 is 0 Å². The van der Waals surface area contributed by atoms with Gasteiger partial charge in [0.1, 0.15) is 0 Å². The van der Waals surface area contributed by atoms with E-state index in [1.54, 1.807) is 6.20 Å². The molecule has 0 radical (unpaired) electrons. The second-order valence-corrected chi connectivity index (χ2v) is 4.86. The Morgan fingerprint density at radius 1 is 1.17 bits per heavy atom. The second-order valence-electron chi connectivity index (χ2n) is 4.00. The highest BCUT2D eigenvalue weighted by Crippen LogP contribution is 2.30. The topological polar surface area (TPSA) is 66.7 Å². The van der Waals surface area contributed by atoms with Gasteiger partial charge < -0.3 is 11.1 Å². The van der Waals surface area contributed by atoms with Gasteiger partial charge in [-0.25, -0.2) is 0 Å². The number of rotatable bonds is 2. The summed E-state index contributed by atoms with van der Waals surface area (Å²) in [6.45, 7) is 0. The summed E-state index contributed by atoms with van der Waals surface area (Å²) >= 11 is 3.50. The van der Waals surface area contributed by atoms with Crippen molar-refractivity contribution < 1.29 is 0 Å². The van der Waals surface area contributed by atoms with Crippen LogP contribution in [-0.4, -0.2) is 10.2 Å². The zero-order valence-corrected chi connectivity index (χ0v) is 11.0. The fourth-order valence-corrected chi connectivity index (χ4v) is 2.21. The normalized spacial score (nSPS) is 10.7. The number of fused-ring (bicyclic) bond motifs is 1. The number of benzene rings is 2. The first kappa shape index (κ1) is 11.1. The molecule has 4 nitrogen and oxygen atoms in total. The lowest BCUT2D eigenvalue weighted by molar-refractivity contribution is 1.12. The van der Waals surface area contributed by atoms with Crippen LogP contribution in [0.4, 0.5) is 17.1 Å². The number of nitrogens with zero attached hydrogens (tertiary/aromatic N) is 1. The third kappa shape index (κ3) is 1.93. The Labute approximate surface area is 112 Å². The van der Waals surface area contributed by atoms with Crippen molar-refractivity contribution in [1.29, 1.82) is 0 Å². The van der Waals surface area contributed by atoms with E-state index in [1.165, 1.54) is 0 Å². The zero-order chi connectivity index (χ0) is 12.5. The number of H-pyrrole nitrogens is 1. The van der Waals surface area contributed by atoms with Crippen LogP contribution >= 0.6 is 15.9 Å². The number of aromatic amines is 1. The molecule has 90 valence electrons. The summed E-state index contributed by atoms with van der Waals surface area (Å²) in [5.41, 5.74) is 9.51. The maximum atomic E-state index is 6.02. The van der Waals surface area contributed by atoms with E-state index >= 15 is 0 Å². The Hall–Kier alpha value is -2.01. The molecule has 1 heterocycles. The minimum atomic E-state index is 0.694. The Balaban J connectivity index is 2.04. The highest BCUT2D eigenvalue weighted by molar-refractivity contribution is 9.10. The first-order valence-electron chi connectivity index (χ1n) is 5.48. The number of anilines is 3. The third-order valence-electron chi connectivity index (χ3n) is 2.75. The molecule has 0 atom stereocenters. The summed E-state index contributed by atoms with van der Waals surface area (Å²) in [7, 11) is 0. The molecule has 0 fully saturated rings. The minimum absolute atomic E-state index is 0.694. The fraction of sp³-hybridized carbons (Fsp3) is 0. The van der Waals surface area contributed by atoms with E-state index < -0.39 is 0 Å². The number of hydrogen-bond acceptors (Lipinski definition) is 3. The van der Waals surface area contributed by atoms with Gasteiger partial charge in [0.25, 0.3) is 0 Å². The monoisotopic (exact) mass is 302 g/mol. The van der Waals surface area contributed by atoms with E-state index in [9.17, 15) is 0 Å². The summed E-state index contributed by atoms with van der Waals surface area (Å²) in [5, 5.41) is 11.2. The molecule has 5 heteroatoms. The molecule has 0 unspecified atom stereocenters. The number of hydrogen-bond donors (Lipinski definition) is 3. The van der Waals surface area contributed by atoms with Gasteiger partial charge in [-0.05, 0) is 40.2 Å². The van der Waals surface area contributed by atoms with Crippen LogP contribution in [0.2, 0.25) is 0 Å². The fourth-order valence-electron chi connectivity index (χ4n) is 1.82. The maximum Gasteiger partial charge on any atom is 0.0672 e. The average Bonchev–Trinajstić information content (AvgIpc) is 2.79. The third-order valence-corrected chi connectivity index (χ3v) is 3.45. The van der Waals surface area contributed by atoms with E-state index in [-0.39, 0.29) is 0 Å². The van der Waals surface area contributed by atoms with Crippen LogP contribution in [0.5, 0.6) is 0 Å². The van der Waals surface area contributed by atoms with Crippen LogP contribution in [-0.2, 0) is 0 Å². The molecule has 0 aliphatic rings. The number of aromatic nitrogens is 2. The van der Waals surface area contributed by atoms with Gasteiger partial charge in [-0.3, -0.25) is 5.10 Å². The van der Waals surface area contributed by atoms with Gasteiger partial charge in [-0.1, -0.05) is 12.1 Å². The van der Waals surface area contributed by atoms with Crippen molar-refractivity contribution in [3.63, 3.8) is 0 Å². The molecule has 0 saturated heterocycles. The molecular weight excluding hydrogens is 292 g/mol. The van der Waals surface area contributed by atoms with Gasteiger partial charge in [0, 0.05) is 9.86 Å². The van der Waals surface area contributed by atoms with E-state index in [2.05, 4.69) is 31.4 Å². The lowest BCUT2D eigenvalue weighted by atomic mass is 10.2. The van der Waals surface area contributed by atoms with Crippen molar-refractivity contribution in [3.8, 4) is 0 Å². The van der Waals surface area contributed by atoms with Gasteiger partial charge in [0.15, 0.2) is 0 Å². The van der Waals surface area contributed by atoms with Crippen LogP contribution in [0.15, 0.2) is 47.1 Å². The highest BCUT2D eigenvalue weighted by atomic mass is 79.9. The predicted molar refractivity (Wildman–Crippen MR) is 77.9 cm³/mol. The summed E-state index contributed by atoms with van der Waals surface area (Å²) in [5.74, 6) is 0. The number of nitrogen functional groups attached to an aromatic ring is 1. The van der Waals surface area contributed by atoms with E-state index in [1.807, 2.05) is 36.4 Å². The quantitative estimate of drug-likeness (QED) is 0.633. The molecule has 3 rings (SSSR count). The van der Waals surface area contributed by atoms with Crippen molar-refractivity contribution in [1.82, 2.24) is 10.2 Å². The summed E-state index contributed by atoms with van der Waals surface area (Å²) in [4.78, 5) is 0. The Morgan fingerprint density at radius 3 is 2.83 bits per heavy atom. The van der Waals surface area contributed by atoms with Gasteiger partial charge in [-0.2, -0.15) is 5.10 Å². The first-order chi connectivity index (χ1) is 8.74. The highest BCUT2D eigenvalue weighted by Gasteiger charge is 2.05. The molecule has 0 spiro atoms. The smallest absolute Gasteiger partial charge is 0.0672 e. The second kappa shape index (κ2) is 4.34. The Kier molecular flexibility index (Phi) is 2.68. The van der Waals surface area contributed by atoms with E-state index in [0.717, 1.165) is 26.8 Å². The number of nitrogens with two attached hydrogens (primary N) is 1. The van der Waals surface area contributed by atoms with Crippen LogP contribution in [0, 0.1) is 0 Å². The molecule has 1 aromatic heterocycles. The molecule has 0 aliphatic carbocycles. The molecule has 0 aliphatic heterocycles. The van der Waals surface area contributed by atoms with Crippen molar-refractivity contribution in [2.45, 2.75) is 0 Å². The van der Waals surface area contributed by atoms with Crippen LogP contribution in [0.3, 0.4) is 0 Å². The van der Waals surface area contributed by atoms with Gasteiger partial charge in [-0.15, -0.1) is 0 Å². The van der Waals surface area contributed by atoms with Crippen molar-refractivity contribution in [3.05, 3.63) is 47.1 Å². The van der Waals surface area contributed by atoms with Crippen LogP contribution in [0.25, 0.3) is 10.9 Å². The molecule has 0 bridgehead atoms. The number of nitrogens with one attached hydrogen (secondary N) is 2. The van der Waals surface area contributed by atoms with E-state index in [4.69, 9.17) is 5.73 Å². The lowest BCUT2D eigenvalue weighted by Crippen LogP contribution is -1.96. The number of para-hydroxylation sites is 1. The molecule has 2 aromatic carbocycles. The molecule has 18 heavy (non-hydrogen) atoms. The average molecular weight is 303 g/mol. The SMILES string of the molecule is Nc1cc2cn[nH]c2cc1Nc1ccccc1Br. The number of halogens is 1. The Morgan fingerprint density at radius 2 is 2.00 bits per heavy atom. The van der Waals surface area contributed by atoms with Crippen molar-refractivity contribution in [2.24, 2.45) is 0 Å². The standard InChI is InChI=1S/C13H11BrN4/c14-9-3-1-2-4-11(9)17-13-6-12-8(5-10(13)15)7-16-18-12/h1-7,17H,15H2,(H,16,18). The first-order valence-corrected chi connectivity index (χ1v) is 6.27. The lowest BCUT2D eigenvalue weighted by Gasteiger charge is -2.11. The maximum absolute atomic E-state index is 6.02. The predicted octanol–water partition coefficient (Wildman–Crippen LogP) is 3.65. The molecule has 4 N–H and O–H groups in total. The minimum Gasteiger partial charge on any atom is -0.397 e. The largest absolute Gasteiger partial charge is 0.397 e. The molecule has 0 amide bonds. The Bertz CT molecular complexity index is 705. The van der Waals surface area contributed by atoms with Gasteiger partial charge in [0.2, 0.25) is 0 Å². The van der Waals surface area contributed by atoms with Crippen molar-refractivity contribution >= 4 is 43.9 Å². The summed E-state index contributed by atoms with van der Waals surface area (Å²) in [6.07, 6.45) is 1.76. The van der Waals surface area contributed by atoms with Crippen LogP contribution < -0.4 is 11.1 Å². The summed E-state index contributed by atoms with van der Waals surface area (Å²) in [6, 6.07) is 11.8. The zero-order valence-electron chi connectivity index (χ0n) is 9.44. The molecule has 0 saturated carbocycles. The summed E-state index contributed by atoms with van der Waals surface area (Å²) < 4.78 is 0.995. The molecule has 3 aromatic rings. The molecular formula is C13H11BrN4. The van der Waals surface area contributed by atoms with Crippen LogP contribution in [0.1, 0.15) is 0 Å². The van der Waals surface area contributed by atoms with E-state index in [0.29, 0.717) is 5.69 Å². The van der Waals surface area contributed by atoms with Gasteiger partial charge in [0.05, 0.1) is 28.8 Å².